The van der Waals surface area contributed by atoms with Gasteiger partial charge < -0.3 is 4.98 Å². The van der Waals surface area contributed by atoms with E-state index in [2.05, 4.69) is 4.98 Å². The van der Waals surface area contributed by atoms with Crippen LogP contribution in [0.2, 0.25) is 0 Å². The highest BCUT2D eigenvalue weighted by molar-refractivity contribution is 5.93. The number of nitrogens with one attached hydrogen (secondary N) is 1. The minimum atomic E-state index is -0.509. The van der Waals surface area contributed by atoms with Crippen molar-refractivity contribution in [1.29, 1.82) is 0 Å². The number of aromatic nitrogens is 2. The van der Waals surface area contributed by atoms with Gasteiger partial charge in [-0.1, -0.05) is 20.8 Å². The molecule has 5 nitrogen and oxygen atoms in total. The lowest BCUT2D eigenvalue weighted by molar-refractivity contribution is 0.101. The summed E-state index contributed by atoms with van der Waals surface area (Å²) in [5, 5.41) is 0. The SMILES string of the molecule is CC(=O)c1c[nH]c(=O)n(CCC(C)(C)C)c1=O. The molecule has 0 aromatic carbocycles. The van der Waals surface area contributed by atoms with E-state index in [0.717, 1.165) is 4.57 Å². The average Bonchev–Trinajstić information content (AvgIpc) is 2.14. The van der Waals surface area contributed by atoms with Crippen molar-refractivity contribution in [1.82, 2.24) is 9.55 Å². The summed E-state index contributed by atoms with van der Waals surface area (Å²) in [6.45, 7) is 7.71. The number of Topliss-reactive ketones (excluding diaryl/α,β-unsaturated/α-hetero) is 1. The summed E-state index contributed by atoms with van der Waals surface area (Å²) in [5.41, 5.74) is -0.925. The van der Waals surface area contributed by atoms with Crippen LogP contribution in [0.3, 0.4) is 0 Å². The van der Waals surface area contributed by atoms with E-state index >= 15 is 0 Å². The highest BCUT2D eigenvalue weighted by Gasteiger charge is 2.14. The summed E-state index contributed by atoms with van der Waals surface area (Å²) in [5.74, 6) is -0.337. The molecule has 0 atom stereocenters. The molecule has 0 spiro atoms. The summed E-state index contributed by atoms with van der Waals surface area (Å²) in [7, 11) is 0. The van der Waals surface area contributed by atoms with Gasteiger partial charge in [0.15, 0.2) is 5.78 Å². The molecule has 0 aliphatic heterocycles. The highest BCUT2D eigenvalue weighted by atomic mass is 16.2. The Hall–Kier alpha value is -1.65. The third-order valence-corrected chi connectivity index (χ3v) is 2.53. The Morgan fingerprint density at radius 2 is 1.94 bits per heavy atom. The smallest absolute Gasteiger partial charge is 0.313 e. The molecule has 0 radical (unpaired) electrons. The van der Waals surface area contributed by atoms with Crippen LogP contribution in [-0.2, 0) is 6.54 Å². The zero-order valence-electron chi connectivity index (χ0n) is 10.7. The number of rotatable bonds is 3. The summed E-state index contributed by atoms with van der Waals surface area (Å²) in [4.78, 5) is 37.0. The second-order valence-corrected chi connectivity index (χ2v) is 5.33. The van der Waals surface area contributed by atoms with Crippen LogP contribution < -0.4 is 11.2 Å². The molecule has 1 N–H and O–H groups in total. The Morgan fingerprint density at radius 1 is 1.35 bits per heavy atom. The molecule has 1 rings (SSSR count). The fraction of sp³-hybridized carbons (Fsp3) is 0.583. The number of carbonyl (C=O) groups excluding carboxylic acids is 1. The first-order valence-electron chi connectivity index (χ1n) is 5.56. The maximum atomic E-state index is 11.9. The number of aromatic amines is 1. The Kier molecular flexibility index (Phi) is 3.70. The molecule has 0 amide bonds. The van der Waals surface area contributed by atoms with Crippen molar-refractivity contribution in [3.8, 4) is 0 Å². The fourth-order valence-electron chi connectivity index (χ4n) is 1.41. The lowest BCUT2D eigenvalue weighted by Gasteiger charge is -2.18. The number of H-pyrrole nitrogens is 1. The zero-order valence-corrected chi connectivity index (χ0v) is 10.7. The highest BCUT2D eigenvalue weighted by Crippen LogP contribution is 2.18. The lowest BCUT2D eigenvalue weighted by Crippen LogP contribution is -2.38. The second-order valence-electron chi connectivity index (χ2n) is 5.33. The van der Waals surface area contributed by atoms with Gasteiger partial charge in [0, 0.05) is 12.7 Å². The van der Waals surface area contributed by atoms with Gasteiger partial charge in [-0.25, -0.2) is 4.79 Å². The van der Waals surface area contributed by atoms with Crippen LogP contribution in [0.25, 0.3) is 0 Å². The summed E-state index contributed by atoms with van der Waals surface area (Å²) in [6, 6.07) is 0. The molecule has 94 valence electrons. The molecule has 0 bridgehead atoms. The topological polar surface area (TPSA) is 71.9 Å². The van der Waals surface area contributed by atoms with E-state index in [9.17, 15) is 14.4 Å². The quantitative estimate of drug-likeness (QED) is 0.803. The normalized spacial score (nSPS) is 11.5. The van der Waals surface area contributed by atoms with Crippen LogP contribution in [0, 0.1) is 5.41 Å². The Labute approximate surface area is 99.5 Å². The lowest BCUT2D eigenvalue weighted by atomic mass is 9.92. The van der Waals surface area contributed by atoms with E-state index in [1.54, 1.807) is 0 Å². The number of nitrogens with zero attached hydrogens (tertiary/aromatic N) is 1. The van der Waals surface area contributed by atoms with Crippen molar-refractivity contribution >= 4 is 5.78 Å². The van der Waals surface area contributed by atoms with Gasteiger partial charge in [0.25, 0.3) is 5.56 Å². The van der Waals surface area contributed by atoms with E-state index in [4.69, 9.17) is 0 Å². The molecule has 1 aromatic rings. The first-order valence-corrected chi connectivity index (χ1v) is 5.56. The number of hydrogen-bond donors (Lipinski definition) is 1. The van der Waals surface area contributed by atoms with Crippen LogP contribution in [0.4, 0.5) is 0 Å². The second kappa shape index (κ2) is 4.69. The average molecular weight is 238 g/mol. The van der Waals surface area contributed by atoms with Crippen LogP contribution in [0.5, 0.6) is 0 Å². The van der Waals surface area contributed by atoms with Crippen molar-refractivity contribution in [2.24, 2.45) is 5.41 Å². The van der Waals surface area contributed by atoms with Gasteiger partial charge in [-0.3, -0.25) is 14.2 Å². The first-order chi connectivity index (χ1) is 7.72. The molecular formula is C12H18N2O3. The van der Waals surface area contributed by atoms with Gasteiger partial charge in [0.05, 0.1) is 5.56 Å². The Bertz CT molecular complexity index is 532. The van der Waals surface area contributed by atoms with Crippen LogP contribution in [-0.4, -0.2) is 15.3 Å². The minimum absolute atomic E-state index is 0.0259. The first kappa shape index (κ1) is 13.4. The molecular weight excluding hydrogens is 220 g/mol. The van der Waals surface area contributed by atoms with Gasteiger partial charge in [-0.15, -0.1) is 0 Å². The van der Waals surface area contributed by atoms with Crippen molar-refractivity contribution in [3.05, 3.63) is 32.6 Å². The largest absolute Gasteiger partial charge is 0.328 e. The Balaban J connectivity index is 3.16. The van der Waals surface area contributed by atoms with E-state index in [1.165, 1.54) is 13.1 Å². The van der Waals surface area contributed by atoms with E-state index in [1.807, 2.05) is 20.8 Å². The van der Waals surface area contributed by atoms with Crippen LogP contribution >= 0.6 is 0 Å². The summed E-state index contributed by atoms with van der Waals surface area (Å²) in [6.07, 6.45) is 1.87. The number of carbonyl (C=O) groups is 1. The molecule has 0 saturated carbocycles. The molecule has 0 unspecified atom stereocenters. The van der Waals surface area contributed by atoms with Gasteiger partial charge in [-0.05, 0) is 18.8 Å². The standard InChI is InChI=1S/C12H18N2O3/c1-8(15)9-7-13-11(17)14(10(9)16)6-5-12(2,3)4/h7H,5-6H2,1-4H3,(H,13,17). The molecule has 0 aliphatic carbocycles. The molecule has 17 heavy (non-hydrogen) atoms. The number of ketones is 1. The number of hydrogen-bond acceptors (Lipinski definition) is 3. The van der Waals surface area contributed by atoms with Crippen LogP contribution in [0.1, 0.15) is 44.5 Å². The van der Waals surface area contributed by atoms with Crippen LogP contribution in [0.15, 0.2) is 15.8 Å². The zero-order chi connectivity index (χ0) is 13.2. The predicted molar refractivity (Wildman–Crippen MR) is 65.4 cm³/mol. The minimum Gasteiger partial charge on any atom is -0.313 e. The summed E-state index contributed by atoms with van der Waals surface area (Å²) < 4.78 is 1.09. The van der Waals surface area contributed by atoms with Gasteiger partial charge in [0.1, 0.15) is 0 Å². The molecule has 0 fully saturated rings. The Morgan fingerprint density at radius 3 is 2.41 bits per heavy atom. The van der Waals surface area contributed by atoms with Crippen molar-refractivity contribution in [2.75, 3.05) is 0 Å². The van der Waals surface area contributed by atoms with Gasteiger partial charge in [0.2, 0.25) is 0 Å². The van der Waals surface area contributed by atoms with Crippen molar-refractivity contribution in [3.63, 3.8) is 0 Å². The van der Waals surface area contributed by atoms with E-state index in [0.29, 0.717) is 13.0 Å². The van der Waals surface area contributed by atoms with Gasteiger partial charge >= 0.3 is 5.69 Å². The molecule has 0 saturated heterocycles. The maximum Gasteiger partial charge on any atom is 0.328 e. The third-order valence-electron chi connectivity index (χ3n) is 2.53. The maximum absolute atomic E-state index is 11.9. The fourth-order valence-corrected chi connectivity index (χ4v) is 1.41. The van der Waals surface area contributed by atoms with Gasteiger partial charge in [-0.2, -0.15) is 0 Å². The van der Waals surface area contributed by atoms with Crippen molar-refractivity contribution in [2.45, 2.75) is 40.7 Å². The monoisotopic (exact) mass is 238 g/mol. The molecule has 1 aromatic heterocycles. The summed E-state index contributed by atoms with van der Waals surface area (Å²) >= 11 is 0. The molecule has 1 heterocycles. The molecule has 5 heteroatoms. The van der Waals surface area contributed by atoms with E-state index < -0.39 is 11.2 Å². The molecule has 0 aliphatic rings. The van der Waals surface area contributed by atoms with E-state index in [-0.39, 0.29) is 16.8 Å². The predicted octanol–water partition coefficient (Wildman–Crippen LogP) is 1.18. The third kappa shape index (κ3) is 3.41. The van der Waals surface area contributed by atoms with Crippen molar-refractivity contribution < 1.29 is 4.79 Å².